The van der Waals surface area contributed by atoms with Crippen LogP contribution in [0.3, 0.4) is 0 Å². The first-order valence-electron chi connectivity index (χ1n) is 10.8. The van der Waals surface area contributed by atoms with Crippen molar-refractivity contribution < 1.29 is 38.6 Å². The Labute approximate surface area is 181 Å². The fraction of sp³-hybridized carbons (Fsp3) is 0.773. The molecule has 172 valence electrons. The number of cyclic esters (lactones) is 1. The maximum absolute atomic E-state index is 13.3. The summed E-state index contributed by atoms with van der Waals surface area (Å²) in [6.45, 7) is 2.94. The standard InChI is InChI=1S/C22H31NO8/c1-21-10-15(25)19-12(13(21)5-6-16(21)26)4-7-18(28)31-22(19,2)9-8-17(27)23-14(11-24)20(29)30-3/h12-14,19,24H,4-11H2,1-3H3,(H,23,27)/t12-,13?,14-,19?,21-,22+/m0/s1. The summed E-state index contributed by atoms with van der Waals surface area (Å²) in [6.07, 6.45) is 1.92. The molecule has 2 N–H and O–H groups in total. The number of carbonyl (C=O) groups excluding carboxylic acids is 5. The van der Waals surface area contributed by atoms with Crippen molar-refractivity contribution in [3.05, 3.63) is 0 Å². The number of carbonyl (C=O) groups is 5. The SMILES string of the molecule is COC(=O)[C@H](CO)NC(=O)CC[C@@]1(C)OC(=O)CC[C@@H]2C1C(=O)C[C@]1(C)C(=O)CCC21. The summed E-state index contributed by atoms with van der Waals surface area (Å²) in [4.78, 5) is 62.2. The number of aliphatic hydroxyl groups excluding tert-OH is 1. The van der Waals surface area contributed by atoms with Crippen molar-refractivity contribution in [1.82, 2.24) is 5.32 Å². The first-order chi connectivity index (χ1) is 14.6. The van der Waals surface area contributed by atoms with Crippen LogP contribution in [0.4, 0.5) is 0 Å². The Balaban J connectivity index is 1.79. The van der Waals surface area contributed by atoms with E-state index in [9.17, 15) is 29.1 Å². The lowest BCUT2D eigenvalue weighted by Gasteiger charge is -2.48. The summed E-state index contributed by atoms with van der Waals surface area (Å²) in [6, 6.07) is -1.18. The zero-order valence-electron chi connectivity index (χ0n) is 18.3. The second-order valence-electron chi connectivity index (χ2n) is 9.42. The van der Waals surface area contributed by atoms with Gasteiger partial charge < -0.3 is 19.9 Å². The molecule has 9 heteroatoms. The Hall–Kier alpha value is -2.29. The molecule has 0 aromatic heterocycles. The first kappa shape index (κ1) is 23.4. The van der Waals surface area contributed by atoms with Gasteiger partial charge in [-0.05, 0) is 38.0 Å². The Morgan fingerprint density at radius 3 is 2.58 bits per heavy atom. The number of esters is 2. The molecule has 0 bridgehead atoms. The number of hydrogen-bond acceptors (Lipinski definition) is 8. The average molecular weight is 437 g/mol. The van der Waals surface area contributed by atoms with Gasteiger partial charge in [-0.1, -0.05) is 6.92 Å². The average Bonchev–Trinajstić information content (AvgIpc) is 2.93. The molecular weight excluding hydrogens is 406 g/mol. The van der Waals surface area contributed by atoms with Gasteiger partial charge in [0.15, 0.2) is 6.04 Å². The smallest absolute Gasteiger partial charge is 0.330 e. The number of ketones is 2. The molecule has 1 saturated heterocycles. The quantitative estimate of drug-likeness (QED) is 0.580. The van der Waals surface area contributed by atoms with Crippen LogP contribution in [-0.4, -0.2) is 59.9 Å². The minimum atomic E-state index is -1.18. The van der Waals surface area contributed by atoms with Crippen molar-refractivity contribution in [3.63, 3.8) is 0 Å². The largest absolute Gasteiger partial charge is 0.467 e. The molecule has 3 aliphatic rings. The number of fused-ring (bicyclic) bond motifs is 3. The van der Waals surface area contributed by atoms with Crippen LogP contribution in [0.15, 0.2) is 0 Å². The first-order valence-corrected chi connectivity index (χ1v) is 10.8. The van der Waals surface area contributed by atoms with E-state index >= 15 is 0 Å². The number of amides is 1. The molecule has 1 amide bonds. The van der Waals surface area contributed by atoms with Gasteiger partial charge >= 0.3 is 11.9 Å². The van der Waals surface area contributed by atoms with Gasteiger partial charge in [0.2, 0.25) is 5.91 Å². The molecular formula is C22H31NO8. The molecule has 6 atom stereocenters. The number of hydrogen-bond donors (Lipinski definition) is 2. The van der Waals surface area contributed by atoms with Crippen molar-refractivity contribution in [3.8, 4) is 0 Å². The molecule has 0 aromatic rings. The lowest BCUT2D eigenvalue weighted by molar-refractivity contribution is -0.172. The third-order valence-electron chi connectivity index (χ3n) is 7.51. The molecule has 3 fully saturated rings. The van der Waals surface area contributed by atoms with Crippen molar-refractivity contribution in [2.45, 2.75) is 70.4 Å². The van der Waals surface area contributed by atoms with Gasteiger partial charge in [-0.25, -0.2) is 4.79 Å². The highest BCUT2D eigenvalue weighted by atomic mass is 16.6. The fourth-order valence-electron chi connectivity index (χ4n) is 5.93. The van der Waals surface area contributed by atoms with E-state index in [2.05, 4.69) is 10.1 Å². The number of Topliss-reactive ketones (excluding diaryl/α,β-unsaturated/α-hetero) is 2. The second kappa shape index (κ2) is 8.68. The molecule has 0 aromatic carbocycles. The molecule has 0 spiro atoms. The number of rotatable bonds is 6. The summed E-state index contributed by atoms with van der Waals surface area (Å²) < 4.78 is 10.3. The van der Waals surface area contributed by atoms with E-state index in [1.54, 1.807) is 6.92 Å². The van der Waals surface area contributed by atoms with Crippen molar-refractivity contribution >= 4 is 29.4 Å². The van der Waals surface area contributed by atoms with Gasteiger partial charge in [0.25, 0.3) is 0 Å². The minimum Gasteiger partial charge on any atom is -0.467 e. The summed E-state index contributed by atoms with van der Waals surface area (Å²) in [5.74, 6) is -2.41. The van der Waals surface area contributed by atoms with Gasteiger partial charge in [0.05, 0.1) is 19.6 Å². The number of aliphatic hydroxyl groups is 1. The Morgan fingerprint density at radius 1 is 1.23 bits per heavy atom. The van der Waals surface area contributed by atoms with Crippen LogP contribution in [0.1, 0.15) is 58.8 Å². The van der Waals surface area contributed by atoms with Gasteiger partial charge in [0.1, 0.15) is 17.2 Å². The summed E-state index contributed by atoms with van der Waals surface area (Å²) in [5.41, 5.74) is -1.86. The van der Waals surface area contributed by atoms with Crippen molar-refractivity contribution in [2.75, 3.05) is 13.7 Å². The van der Waals surface area contributed by atoms with E-state index in [1.165, 1.54) is 0 Å². The Kier molecular flexibility index (Phi) is 6.55. The lowest BCUT2D eigenvalue weighted by Crippen LogP contribution is -2.55. The van der Waals surface area contributed by atoms with Gasteiger partial charge in [-0.3, -0.25) is 19.2 Å². The topological polar surface area (TPSA) is 136 Å². The van der Waals surface area contributed by atoms with Crippen LogP contribution in [-0.2, 0) is 33.4 Å². The zero-order chi connectivity index (χ0) is 23.0. The molecule has 0 radical (unpaired) electrons. The van der Waals surface area contributed by atoms with Gasteiger partial charge in [-0.2, -0.15) is 0 Å². The van der Waals surface area contributed by atoms with Crippen molar-refractivity contribution in [2.24, 2.45) is 23.2 Å². The normalized spacial score (nSPS) is 36.0. The molecule has 9 nitrogen and oxygen atoms in total. The van der Waals surface area contributed by atoms with Crippen LogP contribution in [0.5, 0.6) is 0 Å². The van der Waals surface area contributed by atoms with Crippen molar-refractivity contribution in [1.29, 1.82) is 0 Å². The summed E-state index contributed by atoms with van der Waals surface area (Å²) in [7, 11) is 1.15. The molecule has 1 aliphatic heterocycles. The van der Waals surface area contributed by atoms with Crippen LogP contribution >= 0.6 is 0 Å². The Bertz CT molecular complexity index is 794. The minimum absolute atomic E-state index is 0.0171. The molecule has 2 aliphatic carbocycles. The maximum Gasteiger partial charge on any atom is 0.330 e. The number of ether oxygens (including phenoxy) is 2. The van der Waals surface area contributed by atoms with Crippen LogP contribution in [0, 0.1) is 23.2 Å². The highest BCUT2D eigenvalue weighted by molar-refractivity contribution is 5.96. The van der Waals surface area contributed by atoms with E-state index in [1.807, 2.05) is 6.92 Å². The number of methoxy groups -OCH3 is 1. The second-order valence-corrected chi connectivity index (χ2v) is 9.42. The van der Waals surface area contributed by atoms with E-state index < -0.39 is 47.4 Å². The number of nitrogens with one attached hydrogen (secondary N) is 1. The highest BCUT2D eigenvalue weighted by Gasteiger charge is 2.61. The van der Waals surface area contributed by atoms with Crippen LogP contribution < -0.4 is 5.32 Å². The lowest BCUT2D eigenvalue weighted by atomic mass is 9.55. The predicted octanol–water partition coefficient (Wildman–Crippen LogP) is 0.703. The summed E-state index contributed by atoms with van der Waals surface area (Å²) >= 11 is 0. The van der Waals surface area contributed by atoms with Gasteiger partial charge in [-0.15, -0.1) is 0 Å². The third-order valence-corrected chi connectivity index (χ3v) is 7.51. The molecule has 2 saturated carbocycles. The van der Waals surface area contributed by atoms with E-state index in [-0.39, 0.29) is 49.1 Å². The van der Waals surface area contributed by atoms with E-state index in [4.69, 9.17) is 4.74 Å². The van der Waals surface area contributed by atoms with Crippen LogP contribution in [0.25, 0.3) is 0 Å². The van der Waals surface area contributed by atoms with Crippen LogP contribution in [0.2, 0.25) is 0 Å². The zero-order valence-corrected chi connectivity index (χ0v) is 18.3. The summed E-state index contributed by atoms with van der Waals surface area (Å²) in [5, 5.41) is 11.7. The molecule has 2 unspecified atom stereocenters. The molecule has 31 heavy (non-hydrogen) atoms. The molecule has 3 rings (SSSR count). The fourth-order valence-corrected chi connectivity index (χ4v) is 5.93. The van der Waals surface area contributed by atoms with Gasteiger partial charge in [0, 0.05) is 31.1 Å². The van der Waals surface area contributed by atoms with E-state index in [0.717, 1.165) is 7.11 Å². The van der Waals surface area contributed by atoms with E-state index in [0.29, 0.717) is 19.3 Å². The third kappa shape index (κ3) is 4.24. The highest BCUT2D eigenvalue weighted by Crippen LogP contribution is 2.57. The monoisotopic (exact) mass is 437 g/mol. The molecule has 1 heterocycles. The predicted molar refractivity (Wildman–Crippen MR) is 106 cm³/mol. The Morgan fingerprint density at radius 2 is 1.94 bits per heavy atom. The maximum atomic E-state index is 13.3.